The highest BCUT2D eigenvalue weighted by Crippen LogP contribution is 2.15. The van der Waals surface area contributed by atoms with Crippen LogP contribution in [0.15, 0.2) is 48.5 Å². The van der Waals surface area contributed by atoms with Crippen molar-refractivity contribution < 1.29 is 19.1 Å². The molecule has 0 bridgehead atoms. The molecule has 0 fully saturated rings. The Bertz CT molecular complexity index is 626. The van der Waals surface area contributed by atoms with Crippen molar-refractivity contribution >= 4 is 24.0 Å². The Morgan fingerprint density at radius 1 is 1.05 bits per heavy atom. The molecule has 2 aromatic carbocycles. The molecule has 0 unspecified atom stereocenters. The number of halogens is 1. The van der Waals surface area contributed by atoms with Gasteiger partial charge in [-0.3, -0.25) is 4.79 Å². The summed E-state index contributed by atoms with van der Waals surface area (Å²) in [7, 11) is 0. The molecular formula is C16H14ClNO4. The van der Waals surface area contributed by atoms with Gasteiger partial charge in [-0.2, -0.15) is 0 Å². The molecular weight excluding hydrogens is 306 g/mol. The maximum Gasteiger partial charge on any atom is 0.412 e. The standard InChI is InChI=1S/C16H14ClNO4/c17-13-3-7-14(8-4-13)21-10-9-18-16(20)22-15-5-1-12(11-19)2-6-15/h1-8,11H,9-10H2,(H,18,20). The zero-order valence-corrected chi connectivity index (χ0v) is 12.4. The zero-order chi connectivity index (χ0) is 15.8. The van der Waals surface area contributed by atoms with Crippen molar-refractivity contribution in [3.05, 3.63) is 59.1 Å². The van der Waals surface area contributed by atoms with Gasteiger partial charge in [-0.15, -0.1) is 0 Å². The van der Waals surface area contributed by atoms with E-state index in [0.717, 1.165) is 6.29 Å². The second-order valence-corrected chi connectivity index (χ2v) is 4.74. The minimum absolute atomic E-state index is 0.299. The number of aldehydes is 1. The first kappa shape index (κ1) is 15.9. The van der Waals surface area contributed by atoms with Crippen LogP contribution in [0.5, 0.6) is 11.5 Å². The van der Waals surface area contributed by atoms with Crippen molar-refractivity contribution in [3.63, 3.8) is 0 Å². The second-order valence-electron chi connectivity index (χ2n) is 4.31. The summed E-state index contributed by atoms with van der Waals surface area (Å²) in [4.78, 5) is 22.1. The topological polar surface area (TPSA) is 64.6 Å². The van der Waals surface area contributed by atoms with E-state index >= 15 is 0 Å². The van der Waals surface area contributed by atoms with Crippen LogP contribution >= 0.6 is 11.6 Å². The number of hydrogen-bond acceptors (Lipinski definition) is 4. The third kappa shape index (κ3) is 5.10. The van der Waals surface area contributed by atoms with Crippen LogP contribution in [0.2, 0.25) is 5.02 Å². The van der Waals surface area contributed by atoms with Crippen LogP contribution in [-0.2, 0) is 0 Å². The molecule has 0 saturated carbocycles. The van der Waals surface area contributed by atoms with Gasteiger partial charge in [0.25, 0.3) is 0 Å². The number of ether oxygens (including phenoxy) is 2. The predicted octanol–water partition coefficient (Wildman–Crippen LogP) is 3.32. The summed E-state index contributed by atoms with van der Waals surface area (Å²) in [5.74, 6) is 1.03. The minimum Gasteiger partial charge on any atom is -0.492 e. The van der Waals surface area contributed by atoms with Gasteiger partial charge in [-0.05, 0) is 48.5 Å². The van der Waals surface area contributed by atoms with Crippen molar-refractivity contribution in [2.45, 2.75) is 0 Å². The fraction of sp³-hybridized carbons (Fsp3) is 0.125. The largest absolute Gasteiger partial charge is 0.492 e. The quantitative estimate of drug-likeness (QED) is 0.655. The van der Waals surface area contributed by atoms with E-state index in [9.17, 15) is 9.59 Å². The van der Waals surface area contributed by atoms with Gasteiger partial charge < -0.3 is 14.8 Å². The number of nitrogens with one attached hydrogen (secondary N) is 1. The van der Waals surface area contributed by atoms with Gasteiger partial charge in [0.1, 0.15) is 24.4 Å². The van der Waals surface area contributed by atoms with Crippen LogP contribution in [0.25, 0.3) is 0 Å². The number of rotatable bonds is 6. The van der Waals surface area contributed by atoms with Crippen molar-refractivity contribution in [3.8, 4) is 11.5 Å². The van der Waals surface area contributed by atoms with E-state index in [1.54, 1.807) is 48.5 Å². The van der Waals surface area contributed by atoms with Gasteiger partial charge in [-0.1, -0.05) is 11.6 Å². The molecule has 0 aromatic heterocycles. The third-order valence-corrected chi connectivity index (χ3v) is 2.93. The maximum atomic E-state index is 11.5. The van der Waals surface area contributed by atoms with Gasteiger partial charge in [0.2, 0.25) is 0 Å². The van der Waals surface area contributed by atoms with Crippen molar-refractivity contribution in [1.29, 1.82) is 0 Å². The molecule has 0 aliphatic carbocycles. The molecule has 6 heteroatoms. The number of carbonyl (C=O) groups excluding carboxylic acids is 2. The van der Waals surface area contributed by atoms with E-state index < -0.39 is 6.09 Å². The van der Waals surface area contributed by atoms with E-state index in [0.29, 0.717) is 35.2 Å². The third-order valence-electron chi connectivity index (χ3n) is 2.68. The van der Waals surface area contributed by atoms with Crippen LogP contribution in [0.4, 0.5) is 4.79 Å². The predicted molar refractivity (Wildman–Crippen MR) is 82.8 cm³/mol. The lowest BCUT2D eigenvalue weighted by molar-refractivity contribution is 0.112. The summed E-state index contributed by atoms with van der Waals surface area (Å²) in [6.45, 7) is 0.606. The van der Waals surface area contributed by atoms with Crippen LogP contribution in [0.1, 0.15) is 10.4 Å². The van der Waals surface area contributed by atoms with Gasteiger partial charge >= 0.3 is 6.09 Å². The monoisotopic (exact) mass is 319 g/mol. The molecule has 0 spiro atoms. The molecule has 0 aliphatic rings. The molecule has 0 heterocycles. The molecule has 114 valence electrons. The van der Waals surface area contributed by atoms with Gasteiger partial charge in [0.05, 0.1) is 6.54 Å². The van der Waals surface area contributed by atoms with E-state index in [1.807, 2.05) is 0 Å². The first-order chi connectivity index (χ1) is 10.7. The fourth-order valence-electron chi connectivity index (χ4n) is 1.61. The lowest BCUT2D eigenvalue weighted by Crippen LogP contribution is -2.30. The molecule has 1 N–H and O–H groups in total. The normalized spacial score (nSPS) is 9.86. The first-order valence-electron chi connectivity index (χ1n) is 6.56. The average molecular weight is 320 g/mol. The average Bonchev–Trinajstić information content (AvgIpc) is 2.54. The lowest BCUT2D eigenvalue weighted by atomic mass is 10.2. The number of carbonyl (C=O) groups is 2. The molecule has 0 saturated heterocycles. The Kier molecular flexibility index (Phi) is 5.80. The molecule has 0 aliphatic heterocycles. The van der Waals surface area contributed by atoms with Gasteiger partial charge in [0.15, 0.2) is 0 Å². The second kappa shape index (κ2) is 8.05. The summed E-state index contributed by atoms with van der Waals surface area (Å²) in [5.41, 5.74) is 0.518. The van der Waals surface area contributed by atoms with E-state index in [-0.39, 0.29) is 0 Å². The molecule has 0 radical (unpaired) electrons. The Morgan fingerprint density at radius 3 is 2.32 bits per heavy atom. The summed E-state index contributed by atoms with van der Waals surface area (Å²) < 4.78 is 10.5. The van der Waals surface area contributed by atoms with Gasteiger partial charge in [0, 0.05) is 10.6 Å². The smallest absolute Gasteiger partial charge is 0.412 e. The Morgan fingerprint density at radius 2 is 1.68 bits per heavy atom. The highest BCUT2D eigenvalue weighted by Gasteiger charge is 2.03. The van der Waals surface area contributed by atoms with Crippen molar-refractivity contribution in [1.82, 2.24) is 5.32 Å². The Hall–Kier alpha value is -2.53. The van der Waals surface area contributed by atoms with E-state index in [1.165, 1.54) is 0 Å². The molecule has 22 heavy (non-hydrogen) atoms. The van der Waals surface area contributed by atoms with Crippen LogP contribution in [0.3, 0.4) is 0 Å². The summed E-state index contributed by atoms with van der Waals surface area (Å²) in [5, 5.41) is 3.19. The van der Waals surface area contributed by atoms with E-state index in [4.69, 9.17) is 21.1 Å². The SMILES string of the molecule is O=Cc1ccc(OC(=O)NCCOc2ccc(Cl)cc2)cc1. The van der Waals surface area contributed by atoms with Crippen molar-refractivity contribution in [2.24, 2.45) is 0 Å². The zero-order valence-electron chi connectivity index (χ0n) is 11.6. The number of hydrogen-bond donors (Lipinski definition) is 1. The van der Waals surface area contributed by atoms with Crippen LogP contribution < -0.4 is 14.8 Å². The molecule has 5 nitrogen and oxygen atoms in total. The number of amides is 1. The van der Waals surface area contributed by atoms with Crippen molar-refractivity contribution in [2.75, 3.05) is 13.2 Å². The molecule has 1 amide bonds. The van der Waals surface area contributed by atoms with Gasteiger partial charge in [-0.25, -0.2) is 4.79 Å². The summed E-state index contributed by atoms with van der Waals surface area (Å²) >= 11 is 5.76. The molecule has 2 aromatic rings. The first-order valence-corrected chi connectivity index (χ1v) is 6.94. The Balaban J connectivity index is 1.68. The molecule has 2 rings (SSSR count). The van der Waals surface area contributed by atoms with E-state index in [2.05, 4.69) is 5.32 Å². The lowest BCUT2D eigenvalue weighted by Gasteiger charge is -2.08. The highest BCUT2D eigenvalue weighted by atomic mass is 35.5. The summed E-state index contributed by atoms with van der Waals surface area (Å²) in [6.07, 6.45) is 0.136. The maximum absolute atomic E-state index is 11.5. The fourth-order valence-corrected chi connectivity index (χ4v) is 1.74. The minimum atomic E-state index is -0.585. The van der Waals surface area contributed by atoms with Crippen LogP contribution in [0, 0.1) is 0 Å². The summed E-state index contributed by atoms with van der Waals surface area (Å²) in [6, 6.07) is 13.2. The van der Waals surface area contributed by atoms with Crippen LogP contribution in [-0.4, -0.2) is 25.5 Å². The number of benzene rings is 2. The highest BCUT2D eigenvalue weighted by molar-refractivity contribution is 6.30. The Labute approximate surface area is 132 Å². The molecule has 0 atom stereocenters.